The molecule has 3 heterocycles. The standard InChI is InChI=1S/C19H19N7O2/c20-11-14-16(22-9-1-3-12-5-7-13(27)8-6-12)24-19(21)26-18(14)23-17(25-26)15-4-2-10-28-15/h2,4-8,10-11,20,22,27H,1,3,9H2,(H2,21,24). The summed E-state index contributed by atoms with van der Waals surface area (Å²) in [5, 5.41) is 24.7. The summed E-state index contributed by atoms with van der Waals surface area (Å²) in [5.41, 5.74) is 8.11. The summed E-state index contributed by atoms with van der Waals surface area (Å²) in [4.78, 5) is 8.79. The molecule has 0 unspecified atom stereocenters. The van der Waals surface area contributed by atoms with Crippen molar-refractivity contribution >= 4 is 23.6 Å². The summed E-state index contributed by atoms with van der Waals surface area (Å²) in [6.45, 7) is 0.642. The number of nitrogens with two attached hydrogens (primary N) is 1. The van der Waals surface area contributed by atoms with Crippen molar-refractivity contribution in [3.63, 3.8) is 0 Å². The zero-order chi connectivity index (χ0) is 19.5. The molecule has 0 amide bonds. The van der Waals surface area contributed by atoms with Crippen LogP contribution in [0.25, 0.3) is 17.2 Å². The summed E-state index contributed by atoms with van der Waals surface area (Å²) in [6, 6.07) is 10.6. The molecule has 0 saturated carbocycles. The molecule has 0 fully saturated rings. The van der Waals surface area contributed by atoms with E-state index in [4.69, 9.17) is 15.6 Å². The first-order valence-corrected chi connectivity index (χ1v) is 8.78. The van der Waals surface area contributed by atoms with Crippen molar-refractivity contribution in [2.24, 2.45) is 0 Å². The second kappa shape index (κ2) is 7.39. The third-order valence-corrected chi connectivity index (χ3v) is 4.30. The average Bonchev–Trinajstić information content (AvgIpc) is 3.37. The second-order valence-corrected chi connectivity index (χ2v) is 6.22. The van der Waals surface area contributed by atoms with Crippen molar-refractivity contribution in [3.05, 3.63) is 53.8 Å². The molecular weight excluding hydrogens is 358 g/mol. The Hall–Kier alpha value is -3.88. The van der Waals surface area contributed by atoms with Gasteiger partial charge in [0, 0.05) is 12.8 Å². The van der Waals surface area contributed by atoms with Crippen LogP contribution in [0.15, 0.2) is 47.1 Å². The maximum atomic E-state index is 9.34. The van der Waals surface area contributed by atoms with Crippen molar-refractivity contribution in [2.75, 3.05) is 17.6 Å². The molecule has 4 aromatic rings. The van der Waals surface area contributed by atoms with E-state index in [1.807, 2.05) is 12.1 Å². The van der Waals surface area contributed by atoms with Crippen molar-refractivity contribution in [2.45, 2.75) is 12.8 Å². The van der Waals surface area contributed by atoms with Crippen LogP contribution in [-0.2, 0) is 6.42 Å². The van der Waals surface area contributed by atoms with Gasteiger partial charge in [-0.05, 0) is 42.7 Å². The first-order chi connectivity index (χ1) is 13.7. The first-order valence-electron chi connectivity index (χ1n) is 8.78. The third kappa shape index (κ3) is 3.37. The van der Waals surface area contributed by atoms with Gasteiger partial charge in [-0.3, -0.25) is 0 Å². The highest BCUT2D eigenvalue weighted by Crippen LogP contribution is 2.23. The molecule has 28 heavy (non-hydrogen) atoms. The molecule has 0 aliphatic heterocycles. The summed E-state index contributed by atoms with van der Waals surface area (Å²) in [5.74, 6) is 1.82. The zero-order valence-corrected chi connectivity index (χ0v) is 15.0. The molecule has 0 saturated heterocycles. The topological polar surface area (TPSA) is 138 Å². The summed E-state index contributed by atoms with van der Waals surface area (Å²) >= 11 is 0. The largest absolute Gasteiger partial charge is 0.508 e. The van der Waals surface area contributed by atoms with E-state index >= 15 is 0 Å². The van der Waals surface area contributed by atoms with E-state index in [9.17, 15) is 5.11 Å². The van der Waals surface area contributed by atoms with Crippen LogP contribution in [0.1, 0.15) is 17.5 Å². The molecule has 4 rings (SSSR count). The number of rotatable bonds is 7. The number of hydrogen-bond donors (Lipinski definition) is 4. The fourth-order valence-electron chi connectivity index (χ4n) is 2.91. The van der Waals surface area contributed by atoms with Crippen LogP contribution in [-0.4, -0.2) is 37.4 Å². The zero-order valence-electron chi connectivity index (χ0n) is 15.0. The van der Waals surface area contributed by atoms with E-state index in [-0.39, 0.29) is 11.7 Å². The monoisotopic (exact) mass is 377 g/mol. The van der Waals surface area contributed by atoms with Crippen LogP contribution in [0.2, 0.25) is 0 Å². The molecule has 0 radical (unpaired) electrons. The molecule has 0 aliphatic rings. The van der Waals surface area contributed by atoms with Gasteiger partial charge in [-0.25, -0.2) is 4.98 Å². The van der Waals surface area contributed by atoms with Gasteiger partial charge in [0.25, 0.3) is 0 Å². The van der Waals surface area contributed by atoms with Crippen molar-refractivity contribution in [3.8, 4) is 17.3 Å². The molecule has 0 atom stereocenters. The number of anilines is 2. The lowest BCUT2D eigenvalue weighted by Crippen LogP contribution is -2.12. The smallest absolute Gasteiger partial charge is 0.225 e. The van der Waals surface area contributed by atoms with Gasteiger partial charge < -0.3 is 26.0 Å². The minimum atomic E-state index is 0.173. The van der Waals surface area contributed by atoms with E-state index < -0.39 is 0 Å². The van der Waals surface area contributed by atoms with Gasteiger partial charge in [0.15, 0.2) is 11.4 Å². The number of benzene rings is 1. The number of nitrogens with one attached hydrogen (secondary N) is 2. The summed E-state index contributed by atoms with van der Waals surface area (Å²) < 4.78 is 6.74. The quantitative estimate of drug-likeness (QED) is 0.287. The van der Waals surface area contributed by atoms with Crippen LogP contribution in [0, 0.1) is 5.41 Å². The third-order valence-electron chi connectivity index (χ3n) is 4.30. The van der Waals surface area contributed by atoms with Crippen molar-refractivity contribution < 1.29 is 9.52 Å². The normalized spacial score (nSPS) is 11.0. The van der Waals surface area contributed by atoms with Crippen molar-refractivity contribution in [1.82, 2.24) is 19.6 Å². The van der Waals surface area contributed by atoms with Gasteiger partial charge in [0.05, 0.1) is 11.8 Å². The Kier molecular flexibility index (Phi) is 4.63. The van der Waals surface area contributed by atoms with Gasteiger partial charge in [-0.1, -0.05) is 12.1 Å². The lowest BCUT2D eigenvalue weighted by molar-refractivity contribution is 0.475. The van der Waals surface area contributed by atoms with E-state index in [0.717, 1.165) is 18.4 Å². The molecule has 9 heteroatoms. The predicted molar refractivity (Wildman–Crippen MR) is 106 cm³/mol. The van der Waals surface area contributed by atoms with Gasteiger partial charge in [0.2, 0.25) is 11.8 Å². The number of hydrogen-bond acceptors (Lipinski definition) is 8. The highest BCUT2D eigenvalue weighted by molar-refractivity contribution is 5.93. The number of aromatic nitrogens is 4. The van der Waals surface area contributed by atoms with Crippen LogP contribution >= 0.6 is 0 Å². The predicted octanol–water partition coefficient (Wildman–Crippen LogP) is 2.71. The van der Waals surface area contributed by atoms with E-state index in [0.29, 0.717) is 35.2 Å². The van der Waals surface area contributed by atoms with Crippen LogP contribution in [0.4, 0.5) is 11.8 Å². The Bertz CT molecular complexity index is 1100. The number of fused-ring (bicyclic) bond motifs is 1. The van der Waals surface area contributed by atoms with Crippen molar-refractivity contribution in [1.29, 1.82) is 5.41 Å². The highest BCUT2D eigenvalue weighted by Gasteiger charge is 2.17. The number of nitrogens with zero attached hydrogens (tertiary/aromatic N) is 4. The lowest BCUT2D eigenvalue weighted by atomic mass is 10.1. The first kappa shape index (κ1) is 17.5. The minimum Gasteiger partial charge on any atom is -0.508 e. The van der Waals surface area contributed by atoms with Crippen LogP contribution in [0.5, 0.6) is 5.75 Å². The fraction of sp³-hybridized carbons (Fsp3) is 0.158. The molecule has 3 aromatic heterocycles. The Balaban J connectivity index is 1.53. The minimum absolute atomic E-state index is 0.173. The summed E-state index contributed by atoms with van der Waals surface area (Å²) in [6.07, 6.45) is 4.42. The molecule has 0 spiro atoms. The molecule has 5 N–H and O–H groups in total. The highest BCUT2D eigenvalue weighted by atomic mass is 16.3. The Morgan fingerprint density at radius 1 is 1.21 bits per heavy atom. The van der Waals surface area contributed by atoms with E-state index in [1.54, 1.807) is 30.5 Å². The van der Waals surface area contributed by atoms with E-state index in [2.05, 4.69) is 20.4 Å². The Morgan fingerprint density at radius 3 is 2.75 bits per heavy atom. The maximum Gasteiger partial charge on any atom is 0.225 e. The molecule has 0 aliphatic carbocycles. The number of nitrogen functional groups attached to an aromatic ring is 1. The Labute approximate surface area is 160 Å². The second-order valence-electron chi connectivity index (χ2n) is 6.22. The average molecular weight is 377 g/mol. The van der Waals surface area contributed by atoms with E-state index in [1.165, 1.54) is 10.7 Å². The number of aromatic hydroxyl groups is 1. The number of phenols is 1. The molecule has 9 nitrogen and oxygen atoms in total. The number of phenolic OH excluding ortho intramolecular Hbond substituents is 1. The van der Waals surface area contributed by atoms with Gasteiger partial charge in [-0.2, -0.15) is 9.50 Å². The maximum absolute atomic E-state index is 9.34. The summed E-state index contributed by atoms with van der Waals surface area (Å²) in [7, 11) is 0. The van der Waals surface area contributed by atoms with Crippen LogP contribution in [0.3, 0.4) is 0 Å². The van der Waals surface area contributed by atoms with Crippen LogP contribution < -0.4 is 11.1 Å². The van der Waals surface area contributed by atoms with Gasteiger partial charge in [-0.15, -0.1) is 5.10 Å². The number of aryl methyl sites for hydroxylation is 1. The molecular formula is C19H19N7O2. The Morgan fingerprint density at radius 2 is 2.04 bits per heavy atom. The fourth-order valence-corrected chi connectivity index (χ4v) is 2.91. The van der Waals surface area contributed by atoms with Gasteiger partial charge >= 0.3 is 0 Å². The number of furan rings is 1. The molecule has 1 aromatic carbocycles. The SMILES string of the molecule is N=Cc1c(NCCCc2ccc(O)cc2)nc(N)n2nc(-c3ccco3)nc12. The molecule has 142 valence electrons. The van der Waals surface area contributed by atoms with Gasteiger partial charge in [0.1, 0.15) is 11.6 Å². The lowest BCUT2D eigenvalue weighted by Gasteiger charge is -2.10. The molecule has 0 bridgehead atoms.